The third-order valence-corrected chi connectivity index (χ3v) is 16.9. The summed E-state index contributed by atoms with van der Waals surface area (Å²) in [5.74, 6) is -0.137. The van der Waals surface area contributed by atoms with E-state index in [-0.39, 0.29) is 12.5 Å². The van der Waals surface area contributed by atoms with Crippen LogP contribution in [0.1, 0.15) is 361 Å². The molecule has 7 unspecified atom stereocenters. The third-order valence-electron chi connectivity index (χ3n) is 16.9. The molecule has 0 aliphatic carbocycles. The normalized spacial score (nSPS) is 18.7. The Morgan fingerprint density at radius 3 is 1.05 bits per heavy atom. The molecule has 0 radical (unpaired) electrons. The molecule has 7 atom stereocenters. The highest BCUT2D eigenvalue weighted by Crippen LogP contribution is 2.24. The summed E-state index contributed by atoms with van der Waals surface area (Å²) in [7, 11) is 0. The first kappa shape index (κ1) is 73.9. The van der Waals surface area contributed by atoms with Crippen LogP contribution in [0.3, 0.4) is 0 Å². The van der Waals surface area contributed by atoms with E-state index in [1.54, 1.807) is 0 Å². The molecule has 0 saturated carbocycles. The second kappa shape index (κ2) is 58.1. The monoisotopic (exact) mass is 1090 g/mol. The Morgan fingerprint density at radius 2 is 0.727 bits per heavy atom. The van der Waals surface area contributed by atoms with E-state index in [4.69, 9.17) is 9.47 Å². The number of amides is 1. The molecule has 9 heteroatoms. The van der Waals surface area contributed by atoms with Crippen molar-refractivity contribution in [2.45, 2.75) is 403 Å². The molecule has 0 bridgehead atoms. The average molecular weight is 1090 g/mol. The van der Waals surface area contributed by atoms with Crippen molar-refractivity contribution in [3.63, 3.8) is 0 Å². The largest absolute Gasteiger partial charge is 0.394 e. The Bertz CT molecular complexity index is 1220. The number of aliphatic hydroxyl groups is 5. The minimum Gasteiger partial charge on any atom is -0.394 e. The summed E-state index contributed by atoms with van der Waals surface area (Å²) in [4.78, 5) is 13.1. The summed E-state index contributed by atoms with van der Waals surface area (Å²) in [5.41, 5.74) is 0. The number of hydrogen-bond acceptors (Lipinski definition) is 8. The Balaban J connectivity index is 2.02. The van der Waals surface area contributed by atoms with Gasteiger partial charge in [0, 0.05) is 6.42 Å². The van der Waals surface area contributed by atoms with Gasteiger partial charge in [-0.05, 0) is 38.5 Å². The van der Waals surface area contributed by atoms with E-state index in [1.807, 2.05) is 0 Å². The van der Waals surface area contributed by atoms with Crippen LogP contribution in [0.2, 0.25) is 0 Å². The predicted octanol–water partition coefficient (Wildman–Crippen LogP) is 18.3. The van der Waals surface area contributed by atoms with E-state index in [9.17, 15) is 30.3 Å². The average Bonchev–Trinajstić information content (AvgIpc) is 3.43. The number of hydrogen-bond donors (Lipinski definition) is 6. The third kappa shape index (κ3) is 47.2. The second-order valence-electron chi connectivity index (χ2n) is 24.3. The fourth-order valence-electron chi connectivity index (χ4n) is 11.5. The summed E-state index contributed by atoms with van der Waals surface area (Å²) in [6.07, 6.45) is 67.3. The maximum atomic E-state index is 13.1. The van der Waals surface area contributed by atoms with Crippen molar-refractivity contribution in [3.8, 4) is 0 Å². The first-order valence-electron chi connectivity index (χ1n) is 34.4. The molecule has 77 heavy (non-hydrogen) atoms. The molecule has 1 fully saturated rings. The zero-order valence-corrected chi connectivity index (χ0v) is 51.3. The highest BCUT2D eigenvalue weighted by molar-refractivity contribution is 5.76. The standard InChI is InChI=1S/C68H133NO8/c1-3-5-7-9-11-13-15-17-19-20-21-22-23-24-25-26-27-28-29-30-31-32-33-34-35-36-37-38-39-40-41-42-44-46-48-50-52-54-56-58-64(72)69-61(60-76-68-67(75)66(74)65(73)63(59-70)77-68)62(71)57-55-53-51-49-47-45-43-18-16-14-12-10-8-6-4-2/h30-31,61-63,65-68,70-71,73-75H,3-29,32-60H2,1-2H3,(H,69,72)/b31-30-. The fourth-order valence-corrected chi connectivity index (χ4v) is 11.5. The van der Waals surface area contributed by atoms with Crippen LogP contribution in [0.5, 0.6) is 0 Å². The zero-order valence-electron chi connectivity index (χ0n) is 51.3. The van der Waals surface area contributed by atoms with Crippen LogP contribution < -0.4 is 5.32 Å². The van der Waals surface area contributed by atoms with Gasteiger partial charge in [-0.15, -0.1) is 0 Å². The van der Waals surface area contributed by atoms with Gasteiger partial charge in [0.15, 0.2) is 6.29 Å². The second-order valence-corrected chi connectivity index (χ2v) is 24.3. The lowest BCUT2D eigenvalue weighted by Crippen LogP contribution is -2.60. The van der Waals surface area contributed by atoms with E-state index in [2.05, 4.69) is 31.3 Å². The Morgan fingerprint density at radius 1 is 0.429 bits per heavy atom. The van der Waals surface area contributed by atoms with Gasteiger partial charge < -0.3 is 40.3 Å². The van der Waals surface area contributed by atoms with Gasteiger partial charge in [-0.25, -0.2) is 0 Å². The van der Waals surface area contributed by atoms with Gasteiger partial charge in [0.25, 0.3) is 0 Å². The van der Waals surface area contributed by atoms with Gasteiger partial charge in [-0.1, -0.05) is 328 Å². The summed E-state index contributed by atoms with van der Waals surface area (Å²) in [6, 6.07) is -0.716. The molecule has 0 aromatic rings. The van der Waals surface area contributed by atoms with E-state index in [0.29, 0.717) is 12.8 Å². The molecule has 1 saturated heterocycles. The quantitative estimate of drug-likeness (QED) is 0.0261. The van der Waals surface area contributed by atoms with Crippen LogP contribution in [-0.4, -0.2) is 87.5 Å². The van der Waals surface area contributed by atoms with E-state index >= 15 is 0 Å². The van der Waals surface area contributed by atoms with Gasteiger partial charge in [0.05, 0.1) is 25.4 Å². The predicted molar refractivity (Wildman–Crippen MR) is 327 cm³/mol. The molecular weight excluding hydrogens is 959 g/mol. The molecule has 1 amide bonds. The summed E-state index contributed by atoms with van der Waals surface area (Å²) >= 11 is 0. The summed E-state index contributed by atoms with van der Waals surface area (Å²) in [5, 5.41) is 54.7. The maximum Gasteiger partial charge on any atom is 0.220 e. The van der Waals surface area contributed by atoms with E-state index in [1.165, 1.54) is 295 Å². The van der Waals surface area contributed by atoms with Gasteiger partial charge in [0.2, 0.25) is 5.91 Å². The Labute approximate surface area is 477 Å². The van der Waals surface area contributed by atoms with Crippen molar-refractivity contribution in [3.05, 3.63) is 12.2 Å². The molecule has 1 aliphatic heterocycles. The van der Waals surface area contributed by atoms with Crippen molar-refractivity contribution in [2.24, 2.45) is 0 Å². The number of ether oxygens (including phenoxy) is 2. The smallest absolute Gasteiger partial charge is 0.220 e. The van der Waals surface area contributed by atoms with Gasteiger partial charge in [-0.3, -0.25) is 4.79 Å². The van der Waals surface area contributed by atoms with Gasteiger partial charge in [0.1, 0.15) is 24.4 Å². The molecule has 0 spiro atoms. The van der Waals surface area contributed by atoms with Crippen molar-refractivity contribution in [1.82, 2.24) is 5.32 Å². The SMILES string of the molecule is CCCCCCCCCCCCCCCCCCCC/C=C\CCCCCCCCCCCCCCCCCCCC(=O)NC(COC1OC(CO)C(O)C(O)C1O)C(O)CCCCCCCCCCCCCCCCC. The van der Waals surface area contributed by atoms with Gasteiger partial charge in [-0.2, -0.15) is 0 Å². The molecule has 9 nitrogen and oxygen atoms in total. The molecule has 0 aromatic heterocycles. The van der Waals surface area contributed by atoms with Gasteiger partial charge >= 0.3 is 0 Å². The lowest BCUT2D eigenvalue weighted by molar-refractivity contribution is -0.302. The van der Waals surface area contributed by atoms with Crippen LogP contribution in [0, 0.1) is 0 Å². The van der Waals surface area contributed by atoms with Crippen LogP contribution in [-0.2, 0) is 14.3 Å². The van der Waals surface area contributed by atoms with E-state index < -0.39 is 49.5 Å². The number of carbonyl (C=O) groups excluding carboxylic acids is 1. The molecule has 1 rings (SSSR count). The van der Waals surface area contributed by atoms with Crippen molar-refractivity contribution < 1.29 is 39.8 Å². The number of rotatable bonds is 61. The molecule has 1 heterocycles. The lowest BCUT2D eigenvalue weighted by Gasteiger charge is -2.40. The van der Waals surface area contributed by atoms with Crippen LogP contribution >= 0.6 is 0 Å². The number of unbranched alkanes of at least 4 members (excludes halogenated alkanes) is 49. The topological polar surface area (TPSA) is 149 Å². The van der Waals surface area contributed by atoms with Crippen LogP contribution in [0.15, 0.2) is 12.2 Å². The first-order chi connectivity index (χ1) is 37.8. The van der Waals surface area contributed by atoms with Crippen LogP contribution in [0.25, 0.3) is 0 Å². The summed E-state index contributed by atoms with van der Waals surface area (Å²) < 4.78 is 11.3. The lowest BCUT2D eigenvalue weighted by atomic mass is 9.99. The van der Waals surface area contributed by atoms with E-state index in [0.717, 1.165) is 38.5 Å². The number of carbonyl (C=O) groups is 1. The summed E-state index contributed by atoms with van der Waals surface area (Å²) in [6.45, 7) is 3.89. The Kier molecular flexibility index (Phi) is 55.8. The molecule has 6 N–H and O–H groups in total. The zero-order chi connectivity index (χ0) is 55.8. The number of nitrogens with one attached hydrogen (secondary N) is 1. The first-order valence-corrected chi connectivity index (χ1v) is 34.4. The van der Waals surface area contributed by atoms with Crippen molar-refractivity contribution in [2.75, 3.05) is 13.2 Å². The highest BCUT2D eigenvalue weighted by Gasteiger charge is 2.44. The minimum atomic E-state index is -1.55. The maximum absolute atomic E-state index is 13.1. The number of aliphatic hydroxyl groups excluding tert-OH is 5. The Hall–Kier alpha value is -1.07. The molecule has 458 valence electrons. The molecular formula is C68H133NO8. The number of allylic oxidation sites excluding steroid dienone is 2. The molecule has 0 aromatic carbocycles. The minimum absolute atomic E-state index is 0.133. The van der Waals surface area contributed by atoms with Crippen molar-refractivity contribution in [1.29, 1.82) is 0 Å². The highest BCUT2D eigenvalue weighted by atomic mass is 16.7. The van der Waals surface area contributed by atoms with Crippen molar-refractivity contribution >= 4 is 5.91 Å². The fraction of sp³-hybridized carbons (Fsp3) is 0.956. The van der Waals surface area contributed by atoms with Crippen LogP contribution in [0.4, 0.5) is 0 Å². The molecule has 1 aliphatic rings.